The average Bonchev–Trinajstić information content (AvgIpc) is 2.74. The van der Waals surface area contributed by atoms with Gasteiger partial charge in [0.05, 0.1) is 6.07 Å². The summed E-state index contributed by atoms with van der Waals surface area (Å²) >= 11 is 0. The molecule has 2 unspecified atom stereocenters. The van der Waals surface area contributed by atoms with Gasteiger partial charge in [-0.2, -0.15) is 5.26 Å². The second-order valence-electron chi connectivity index (χ2n) is 7.82. The maximum Gasteiger partial charge on any atom is 0.321 e. The number of nitrogens with one attached hydrogen (secondary N) is 1. The standard InChI is InChI=1S/C22H30N4O5/c23-14-17(21(28)29)13-15-6-7-19-16(12-15)4-3-10-26(19)11-8-20(27)25-9-2-1-5-18(24)22(30)31/h6-7,12,17-18H,1-5,8-11,13,24H2,(H,25,27)(H,28,29)(H,30,31). The number of carboxylic acids is 2. The Morgan fingerprint density at radius 2 is 2.00 bits per heavy atom. The summed E-state index contributed by atoms with van der Waals surface area (Å²) in [5.74, 6) is -3.23. The number of aliphatic carboxylic acids is 2. The summed E-state index contributed by atoms with van der Waals surface area (Å²) in [5.41, 5.74) is 8.44. The van der Waals surface area contributed by atoms with Crippen LogP contribution in [0.25, 0.3) is 0 Å². The molecule has 9 heteroatoms. The molecular weight excluding hydrogens is 400 g/mol. The van der Waals surface area contributed by atoms with Gasteiger partial charge in [-0.1, -0.05) is 12.1 Å². The lowest BCUT2D eigenvalue weighted by molar-refractivity contribution is -0.140. The molecular formula is C22H30N4O5. The molecule has 0 saturated heterocycles. The fraction of sp³-hybridized carbons (Fsp3) is 0.545. The molecule has 0 bridgehead atoms. The van der Waals surface area contributed by atoms with E-state index < -0.39 is 23.9 Å². The van der Waals surface area contributed by atoms with Crippen molar-refractivity contribution in [2.24, 2.45) is 11.7 Å². The zero-order valence-electron chi connectivity index (χ0n) is 17.5. The highest BCUT2D eigenvalue weighted by atomic mass is 16.4. The van der Waals surface area contributed by atoms with Crippen molar-refractivity contribution < 1.29 is 24.6 Å². The predicted octanol–water partition coefficient (Wildman–Crippen LogP) is 1.29. The number of hydrogen-bond donors (Lipinski definition) is 4. The molecule has 0 aromatic heterocycles. The molecule has 1 aromatic carbocycles. The molecule has 168 valence electrons. The van der Waals surface area contributed by atoms with E-state index in [2.05, 4.69) is 10.2 Å². The number of carboxylic acid groups (broad SMARTS) is 2. The normalized spacial score (nSPS) is 14.8. The van der Waals surface area contributed by atoms with E-state index in [-0.39, 0.29) is 12.3 Å². The predicted molar refractivity (Wildman–Crippen MR) is 115 cm³/mol. The zero-order valence-corrected chi connectivity index (χ0v) is 17.5. The van der Waals surface area contributed by atoms with Crippen LogP contribution in [0.1, 0.15) is 43.2 Å². The molecule has 1 heterocycles. The van der Waals surface area contributed by atoms with Gasteiger partial charge in [-0.15, -0.1) is 0 Å². The molecule has 0 aliphatic carbocycles. The molecule has 2 rings (SSSR count). The van der Waals surface area contributed by atoms with E-state index in [1.54, 1.807) is 0 Å². The van der Waals surface area contributed by atoms with E-state index in [1.807, 2.05) is 24.3 Å². The van der Waals surface area contributed by atoms with Crippen LogP contribution in [-0.4, -0.2) is 53.7 Å². The van der Waals surface area contributed by atoms with Gasteiger partial charge in [-0.25, -0.2) is 0 Å². The van der Waals surface area contributed by atoms with Gasteiger partial charge in [0.1, 0.15) is 12.0 Å². The molecule has 31 heavy (non-hydrogen) atoms. The number of benzene rings is 1. The second-order valence-corrected chi connectivity index (χ2v) is 7.82. The number of nitriles is 1. The van der Waals surface area contributed by atoms with E-state index in [0.717, 1.165) is 36.2 Å². The highest BCUT2D eigenvalue weighted by Crippen LogP contribution is 2.29. The number of carbonyl (C=O) groups excluding carboxylic acids is 1. The van der Waals surface area contributed by atoms with Gasteiger partial charge in [0.2, 0.25) is 5.91 Å². The fourth-order valence-electron chi connectivity index (χ4n) is 3.68. The minimum atomic E-state index is -1.11. The number of hydrogen-bond acceptors (Lipinski definition) is 6. The van der Waals surface area contributed by atoms with Crippen molar-refractivity contribution in [2.75, 3.05) is 24.5 Å². The van der Waals surface area contributed by atoms with E-state index >= 15 is 0 Å². The maximum absolute atomic E-state index is 12.1. The number of carbonyl (C=O) groups is 3. The summed E-state index contributed by atoms with van der Waals surface area (Å²) < 4.78 is 0. The molecule has 0 radical (unpaired) electrons. The second kappa shape index (κ2) is 11.9. The lowest BCUT2D eigenvalue weighted by Gasteiger charge is -2.31. The molecule has 1 amide bonds. The van der Waals surface area contributed by atoms with Crippen molar-refractivity contribution in [2.45, 2.75) is 51.0 Å². The summed E-state index contributed by atoms with van der Waals surface area (Å²) in [6.45, 7) is 1.93. The smallest absolute Gasteiger partial charge is 0.321 e. The van der Waals surface area contributed by atoms with Gasteiger partial charge in [-0.3, -0.25) is 14.4 Å². The first kappa shape index (κ1) is 24.2. The highest BCUT2D eigenvalue weighted by Gasteiger charge is 2.21. The van der Waals surface area contributed by atoms with E-state index in [1.165, 1.54) is 0 Å². The maximum atomic E-state index is 12.1. The Kier molecular flexibility index (Phi) is 9.28. The number of aryl methyl sites for hydroxylation is 1. The van der Waals surface area contributed by atoms with Crippen LogP contribution in [0.15, 0.2) is 18.2 Å². The van der Waals surface area contributed by atoms with Gasteiger partial charge in [0.25, 0.3) is 0 Å². The van der Waals surface area contributed by atoms with Gasteiger partial charge >= 0.3 is 11.9 Å². The average molecular weight is 431 g/mol. The van der Waals surface area contributed by atoms with Crippen LogP contribution in [0.3, 0.4) is 0 Å². The summed E-state index contributed by atoms with van der Waals surface area (Å²) in [4.78, 5) is 36.1. The number of nitrogens with two attached hydrogens (primary N) is 1. The number of amides is 1. The van der Waals surface area contributed by atoms with Gasteiger partial charge in [0, 0.05) is 31.7 Å². The number of rotatable bonds is 12. The van der Waals surface area contributed by atoms with Crippen LogP contribution in [0.5, 0.6) is 0 Å². The summed E-state index contributed by atoms with van der Waals surface area (Å²) in [6, 6.07) is 6.73. The summed E-state index contributed by atoms with van der Waals surface area (Å²) in [5, 5.41) is 29.7. The monoisotopic (exact) mass is 430 g/mol. The molecule has 1 aliphatic rings. The van der Waals surface area contributed by atoms with Crippen molar-refractivity contribution in [1.29, 1.82) is 5.26 Å². The topological polar surface area (TPSA) is 157 Å². The first-order valence-electron chi connectivity index (χ1n) is 10.6. The highest BCUT2D eigenvalue weighted by molar-refractivity contribution is 5.77. The number of nitrogens with zero attached hydrogens (tertiary/aromatic N) is 2. The number of fused-ring (bicyclic) bond motifs is 1. The van der Waals surface area contributed by atoms with Crippen LogP contribution in [0.4, 0.5) is 5.69 Å². The Balaban J connectivity index is 1.80. The number of unbranched alkanes of at least 4 members (excludes halogenated alkanes) is 1. The third kappa shape index (κ3) is 7.57. The third-order valence-corrected chi connectivity index (χ3v) is 5.44. The Hall–Kier alpha value is -3.12. The Labute approximate surface area is 181 Å². The van der Waals surface area contributed by atoms with Crippen molar-refractivity contribution in [3.05, 3.63) is 29.3 Å². The zero-order chi connectivity index (χ0) is 22.8. The molecule has 1 aliphatic heterocycles. The first-order chi connectivity index (χ1) is 14.8. The molecule has 9 nitrogen and oxygen atoms in total. The molecule has 1 aromatic rings. The lowest BCUT2D eigenvalue weighted by Crippen LogP contribution is -2.34. The molecule has 2 atom stereocenters. The van der Waals surface area contributed by atoms with Crippen LogP contribution in [0.2, 0.25) is 0 Å². The minimum absolute atomic E-state index is 0.0513. The van der Waals surface area contributed by atoms with E-state index in [0.29, 0.717) is 38.8 Å². The van der Waals surface area contributed by atoms with Crippen molar-refractivity contribution >= 4 is 23.5 Å². The van der Waals surface area contributed by atoms with Crippen molar-refractivity contribution in [3.63, 3.8) is 0 Å². The molecule has 5 N–H and O–H groups in total. The largest absolute Gasteiger partial charge is 0.480 e. The van der Waals surface area contributed by atoms with E-state index in [4.69, 9.17) is 21.2 Å². The Bertz CT molecular complexity index is 836. The summed E-state index contributed by atoms with van der Waals surface area (Å²) in [7, 11) is 0. The SMILES string of the molecule is N#CC(Cc1ccc2c(c1)CCCN2CCC(=O)NCCCCC(N)C(=O)O)C(=O)O. The summed E-state index contributed by atoms with van der Waals surface area (Å²) in [6.07, 6.45) is 4.08. The van der Waals surface area contributed by atoms with Crippen molar-refractivity contribution in [3.8, 4) is 6.07 Å². The molecule has 0 fully saturated rings. The van der Waals surface area contributed by atoms with Gasteiger partial charge in [0.15, 0.2) is 0 Å². The van der Waals surface area contributed by atoms with Crippen LogP contribution in [-0.2, 0) is 27.2 Å². The third-order valence-electron chi connectivity index (χ3n) is 5.44. The fourth-order valence-corrected chi connectivity index (χ4v) is 3.68. The Morgan fingerprint density at radius 1 is 1.23 bits per heavy atom. The van der Waals surface area contributed by atoms with E-state index in [9.17, 15) is 14.4 Å². The lowest BCUT2D eigenvalue weighted by atomic mass is 9.94. The Morgan fingerprint density at radius 3 is 2.68 bits per heavy atom. The van der Waals surface area contributed by atoms with Gasteiger partial charge < -0.3 is 26.2 Å². The van der Waals surface area contributed by atoms with Crippen LogP contribution < -0.4 is 16.0 Å². The molecule has 0 saturated carbocycles. The first-order valence-corrected chi connectivity index (χ1v) is 10.6. The quantitative estimate of drug-likeness (QED) is 0.361. The van der Waals surface area contributed by atoms with Crippen LogP contribution in [0, 0.1) is 17.2 Å². The molecule has 0 spiro atoms. The minimum Gasteiger partial charge on any atom is -0.480 e. The van der Waals surface area contributed by atoms with Gasteiger partial charge in [-0.05, 0) is 55.7 Å². The van der Waals surface area contributed by atoms with Crippen LogP contribution >= 0.6 is 0 Å². The van der Waals surface area contributed by atoms with Crippen molar-refractivity contribution in [1.82, 2.24) is 5.32 Å². The number of anilines is 1.